The van der Waals surface area contributed by atoms with Gasteiger partial charge in [0.2, 0.25) is 0 Å². The molecule has 2 unspecified atom stereocenters. The molecule has 0 saturated heterocycles. The molecular formula is C17H27N3O. The summed E-state index contributed by atoms with van der Waals surface area (Å²) in [4.78, 5) is 13.4. The number of nitrogens with zero attached hydrogens (tertiary/aromatic N) is 1. The van der Waals surface area contributed by atoms with E-state index in [1.54, 1.807) is 4.90 Å². The van der Waals surface area contributed by atoms with Gasteiger partial charge in [0, 0.05) is 25.3 Å². The third-order valence-corrected chi connectivity index (χ3v) is 4.31. The fourth-order valence-corrected chi connectivity index (χ4v) is 2.77. The number of carbonyl (C=O) groups is 1. The smallest absolute Gasteiger partial charge is 0.321 e. The number of hydrogen-bond donors (Lipinski definition) is 2. The lowest BCUT2D eigenvalue weighted by molar-refractivity contribution is 0.218. The molecule has 0 aromatic heterocycles. The van der Waals surface area contributed by atoms with Crippen molar-refractivity contribution in [3.8, 4) is 0 Å². The number of nitrogens with one attached hydrogen (secondary N) is 2. The lowest BCUT2D eigenvalue weighted by Gasteiger charge is -2.28. The molecule has 1 aromatic rings. The van der Waals surface area contributed by atoms with Gasteiger partial charge >= 0.3 is 6.03 Å². The van der Waals surface area contributed by atoms with E-state index in [2.05, 4.69) is 43.5 Å². The maximum Gasteiger partial charge on any atom is 0.321 e. The summed E-state index contributed by atoms with van der Waals surface area (Å²) >= 11 is 0. The van der Waals surface area contributed by atoms with Crippen LogP contribution < -0.4 is 10.6 Å². The lowest BCUT2D eigenvalue weighted by Crippen LogP contribution is -2.35. The van der Waals surface area contributed by atoms with Gasteiger partial charge in [0.25, 0.3) is 0 Å². The predicted molar refractivity (Wildman–Crippen MR) is 87.4 cm³/mol. The van der Waals surface area contributed by atoms with Crippen molar-refractivity contribution >= 4 is 11.7 Å². The zero-order chi connectivity index (χ0) is 15.4. The third kappa shape index (κ3) is 3.76. The Hall–Kier alpha value is -1.55. The highest BCUT2D eigenvalue weighted by molar-refractivity contribution is 5.92. The molecule has 0 saturated carbocycles. The molecule has 0 aliphatic carbocycles. The minimum atomic E-state index is -0.0295. The first-order chi connectivity index (χ1) is 10.0. The molecule has 2 atom stereocenters. The number of anilines is 1. The fourth-order valence-electron chi connectivity index (χ4n) is 2.77. The molecule has 2 rings (SSSR count). The van der Waals surface area contributed by atoms with Crippen LogP contribution in [0.15, 0.2) is 18.2 Å². The number of benzene rings is 1. The van der Waals surface area contributed by atoms with E-state index in [4.69, 9.17) is 0 Å². The second-order valence-corrected chi connectivity index (χ2v) is 6.06. The number of hydrogen-bond acceptors (Lipinski definition) is 2. The minimum absolute atomic E-state index is 0.0295. The zero-order valence-corrected chi connectivity index (χ0v) is 13.6. The normalized spacial score (nSPS) is 17.1. The summed E-state index contributed by atoms with van der Waals surface area (Å²) in [6.45, 7) is 8.34. The minimum Gasteiger partial charge on any atom is -0.323 e. The Morgan fingerprint density at radius 2 is 2.14 bits per heavy atom. The fraction of sp³-hybridized carbons (Fsp3) is 0.588. The van der Waals surface area contributed by atoms with Crippen molar-refractivity contribution in [1.29, 1.82) is 0 Å². The van der Waals surface area contributed by atoms with Crippen molar-refractivity contribution in [2.75, 3.05) is 18.9 Å². The second-order valence-electron chi connectivity index (χ2n) is 6.06. The van der Waals surface area contributed by atoms with Crippen LogP contribution in [0.25, 0.3) is 0 Å². The molecule has 1 heterocycles. The Bertz CT molecular complexity index is 501. The monoisotopic (exact) mass is 289 g/mol. The molecule has 21 heavy (non-hydrogen) atoms. The maximum atomic E-state index is 11.7. The predicted octanol–water partition coefficient (Wildman–Crippen LogP) is 3.75. The quantitative estimate of drug-likeness (QED) is 0.837. The Morgan fingerprint density at radius 3 is 2.81 bits per heavy atom. The Labute approximate surface area is 127 Å². The summed E-state index contributed by atoms with van der Waals surface area (Å²) in [5.74, 6) is 0.701. The maximum absolute atomic E-state index is 11.7. The number of fused-ring (bicyclic) bond motifs is 1. The molecule has 2 amide bonds. The average Bonchev–Trinajstić information content (AvgIpc) is 2.47. The van der Waals surface area contributed by atoms with Crippen molar-refractivity contribution in [3.63, 3.8) is 0 Å². The third-order valence-electron chi connectivity index (χ3n) is 4.31. The van der Waals surface area contributed by atoms with E-state index in [0.717, 1.165) is 18.7 Å². The van der Waals surface area contributed by atoms with E-state index in [1.165, 1.54) is 17.5 Å². The first kappa shape index (κ1) is 15.8. The van der Waals surface area contributed by atoms with E-state index < -0.39 is 0 Å². The molecule has 2 N–H and O–H groups in total. The molecule has 116 valence electrons. The number of carbonyl (C=O) groups excluding carboxylic acids is 1. The van der Waals surface area contributed by atoms with Gasteiger partial charge in [-0.3, -0.25) is 0 Å². The molecule has 0 fully saturated rings. The molecule has 4 heteroatoms. The lowest BCUT2D eigenvalue weighted by atomic mass is 9.92. The van der Waals surface area contributed by atoms with Crippen LogP contribution >= 0.6 is 0 Å². The summed E-state index contributed by atoms with van der Waals surface area (Å²) in [5, 5.41) is 6.52. The number of rotatable bonds is 6. The largest absolute Gasteiger partial charge is 0.323 e. The van der Waals surface area contributed by atoms with Gasteiger partial charge in [-0.2, -0.15) is 0 Å². The van der Waals surface area contributed by atoms with E-state index in [1.807, 2.05) is 13.1 Å². The molecule has 1 aromatic carbocycles. The van der Waals surface area contributed by atoms with Crippen LogP contribution in [0, 0.1) is 5.92 Å². The molecule has 0 radical (unpaired) electrons. The van der Waals surface area contributed by atoms with Crippen molar-refractivity contribution in [2.45, 2.75) is 46.2 Å². The van der Waals surface area contributed by atoms with Crippen LogP contribution in [0.4, 0.5) is 10.5 Å². The van der Waals surface area contributed by atoms with Gasteiger partial charge in [0.15, 0.2) is 0 Å². The zero-order valence-electron chi connectivity index (χ0n) is 13.6. The first-order valence-corrected chi connectivity index (χ1v) is 7.93. The molecule has 4 nitrogen and oxygen atoms in total. The van der Waals surface area contributed by atoms with Gasteiger partial charge in [-0.15, -0.1) is 0 Å². The molecular weight excluding hydrogens is 262 g/mol. The first-order valence-electron chi connectivity index (χ1n) is 7.93. The SMILES string of the molecule is CCNC(CC(C)CC)c1ccc2c(c1)CN(C)C(=O)N2. The Balaban J connectivity index is 2.22. The molecule has 0 bridgehead atoms. The highest BCUT2D eigenvalue weighted by Crippen LogP contribution is 2.29. The molecule has 0 spiro atoms. The van der Waals surface area contributed by atoms with E-state index >= 15 is 0 Å². The highest BCUT2D eigenvalue weighted by atomic mass is 16.2. The summed E-state index contributed by atoms with van der Waals surface area (Å²) in [5.41, 5.74) is 3.46. The van der Waals surface area contributed by atoms with Gasteiger partial charge < -0.3 is 15.5 Å². The summed E-state index contributed by atoms with van der Waals surface area (Å²) in [6.07, 6.45) is 2.34. The van der Waals surface area contributed by atoms with Crippen molar-refractivity contribution in [3.05, 3.63) is 29.3 Å². The Morgan fingerprint density at radius 1 is 1.38 bits per heavy atom. The van der Waals surface area contributed by atoms with Gasteiger partial charge in [-0.25, -0.2) is 4.79 Å². The summed E-state index contributed by atoms with van der Waals surface area (Å²) < 4.78 is 0. The summed E-state index contributed by atoms with van der Waals surface area (Å²) in [7, 11) is 1.83. The van der Waals surface area contributed by atoms with E-state index in [-0.39, 0.29) is 6.03 Å². The van der Waals surface area contributed by atoms with Gasteiger partial charge in [0.05, 0.1) is 0 Å². The molecule has 1 aliphatic rings. The van der Waals surface area contributed by atoms with Crippen LogP contribution in [0.1, 0.15) is 50.8 Å². The van der Waals surface area contributed by atoms with E-state index in [9.17, 15) is 4.79 Å². The van der Waals surface area contributed by atoms with Gasteiger partial charge in [-0.1, -0.05) is 39.3 Å². The summed E-state index contributed by atoms with van der Waals surface area (Å²) in [6, 6.07) is 6.77. The van der Waals surface area contributed by atoms with Crippen LogP contribution in [-0.4, -0.2) is 24.5 Å². The topological polar surface area (TPSA) is 44.4 Å². The van der Waals surface area contributed by atoms with Gasteiger partial charge in [0.1, 0.15) is 0 Å². The average molecular weight is 289 g/mol. The van der Waals surface area contributed by atoms with Crippen LogP contribution in [-0.2, 0) is 6.54 Å². The van der Waals surface area contributed by atoms with Crippen molar-refractivity contribution < 1.29 is 4.79 Å². The van der Waals surface area contributed by atoms with Crippen molar-refractivity contribution in [2.24, 2.45) is 5.92 Å². The van der Waals surface area contributed by atoms with E-state index in [0.29, 0.717) is 18.5 Å². The number of amides is 2. The van der Waals surface area contributed by atoms with Crippen LogP contribution in [0.2, 0.25) is 0 Å². The number of urea groups is 1. The Kier molecular flexibility index (Phi) is 5.23. The van der Waals surface area contributed by atoms with Crippen LogP contribution in [0.3, 0.4) is 0 Å². The highest BCUT2D eigenvalue weighted by Gasteiger charge is 2.21. The van der Waals surface area contributed by atoms with Crippen LogP contribution in [0.5, 0.6) is 0 Å². The standard InChI is InChI=1S/C17H27N3O/c1-5-12(3)9-16(18-6-2)13-7-8-15-14(10-13)11-20(4)17(21)19-15/h7-8,10,12,16,18H,5-6,9,11H2,1-4H3,(H,19,21). The van der Waals surface area contributed by atoms with Gasteiger partial charge in [-0.05, 0) is 36.1 Å². The second kappa shape index (κ2) is 6.94. The molecule has 1 aliphatic heterocycles. The van der Waals surface area contributed by atoms with Crippen molar-refractivity contribution in [1.82, 2.24) is 10.2 Å².